The Morgan fingerprint density at radius 2 is 2.21 bits per heavy atom. The number of carbonyl (C=O) groups is 1. The fourth-order valence-electron chi connectivity index (χ4n) is 1.79. The molecule has 1 rings (SSSR count). The Labute approximate surface area is 118 Å². The molecule has 0 radical (unpaired) electrons. The van der Waals surface area contributed by atoms with Crippen molar-refractivity contribution in [3.05, 3.63) is 28.8 Å². The molecule has 19 heavy (non-hydrogen) atoms. The van der Waals surface area contributed by atoms with E-state index in [4.69, 9.17) is 26.8 Å². The van der Waals surface area contributed by atoms with Gasteiger partial charge in [0.2, 0.25) is 0 Å². The molecule has 106 valence electrons. The van der Waals surface area contributed by atoms with Crippen molar-refractivity contribution in [3.63, 3.8) is 0 Å². The molecule has 1 aromatic carbocycles. The van der Waals surface area contributed by atoms with E-state index in [0.29, 0.717) is 36.6 Å². The predicted octanol–water partition coefficient (Wildman–Crippen LogP) is 3.08. The maximum absolute atomic E-state index is 11.2. The number of carbonyl (C=O) groups excluding carboxylic acids is 1. The Hall–Kier alpha value is -1.26. The van der Waals surface area contributed by atoms with Crippen molar-refractivity contribution in [2.75, 3.05) is 13.7 Å². The topological polar surface area (TPSA) is 61.5 Å². The highest BCUT2D eigenvalue weighted by atomic mass is 35.5. The largest absolute Gasteiger partial charge is 0.497 e. The number of halogens is 1. The second kappa shape index (κ2) is 8.02. The highest BCUT2D eigenvalue weighted by Crippen LogP contribution is 2.28. The SMILES string of the molecule is CCOC(=O)CCCC(N)c1ccc(OC)cc1Cl. The third-order valence-corrected chi connectivity index (χ3v) is 3.14. The minimum atomic E-state index is -0.187. The second-order valence-corrected chi connectivity index (χ2v) is 4.60. The summed E-state index contributed by atoms with van der Waals surface area (Å²) in [6.07, 6.45) is 1.75. The summed E-state index contributed by atoms with van der Waals surface area (Å²) in [5.74, 6) is 0.517. The van der Waals surface area contributed by atoms with Crippen molar-refractivity contribution in [1.82, 2.24) is 0 Å². The van der Waals surface area contributed by atoms with Gasteiger partial charge in [0, 0.05) is 17.5 Å². The fraction of sp³-hybridized carbons (Fsp3) is 0.500. The van der Waals surface area contributed by atoms with Crippen LogP contribution in [0.3, 0.4) is 0 Å². The maximum atomic E-state index is 11.2. The predicted molar refractivity (Wildman–Crippen MR) is 75.4 cm³/mol. The molecule has 0 aromatic heterocycles. The molecule has 0 heterocycles. The molecule has 5 heteroatoms. The molecule has 0 saturated carbocycles. The van der Waals surface area contributed by atoms with Gasteiger partial charge in [0.1, 0.15) is 5.75 Å². The normalized spacial score (nSPS) is 12.0. The monoisotopic (exact) mass is 285 g/mol. The molecule has 1 unspecified atom stereocenters. The summed E-state index contributed by atoms with van der Waals surface area (Å²) in [7, 11) is 1.59. The Morgan fingerprint density at radius 1 is 1.47 bits per heavy atom. The summed E-state index contributed by atoms with van der Waals surface area (Å²) >= 11 is 6.14. The van der Waals surface area contributed by atoms with Gasteiger partial charge >= 0.3 is 5.97 Å². The van der Waals surface area contributed by atoms with Crippen molar-refractivity contribution in [1.29, 1.82) is 0 Å². The lowest BCUT2D eigenvalue weighted by atomic mass is 10.0. The van der Waals surface area contributed by atoms with Crippen LogP contribution >= 0.6 is 11.6 Å². The number of ether oxygens (including phenoxy) is 2. The molecule has 0 fully saturated rings. The van der Waals surface area contributed by atoms with E-state index >= 15 is 0 Å². The first-order valence-corrected chi connectivity index (χ1v) is 6.71. The summed E-state index contributed by atoms with van der Waals surface area (Å²) in [5.41, 5.74) is 6.94. The highest BCUT2D eigenvalue weighted by molar-refractivity contribution is 6.31. The first-order chi connectivity index (χ1) is 9.08. The van der Waals surface area contributed by atoms with E-state index < -0.39 is 0 Å². The lowest BCUT2D eigenvalue weighted by Gasteiger charge is -2.14. The van der Waals surface area contributed by atoms with Crippen molar-refractivity contribution in [3.8, 4) is 5.75 Å². The number of hydrogen-bond acceptors (Lipinski definition) is 4. The van der Waals surface area contributed by atoms with Crippen LogP contribution in [0.1, 0.15) is 37.8 Å². The van der Waals surface area contributed by atoms with E-state index in [2.05, 4.69) is 0 Å². The number of methoxy groups -OCH3 is 1. The van der Waals surface area contributed by atoms with E-state index in [9.17, 15) is 4.79 Å². The van der Waals surface area contributed by atoms with Gasteiger partial charge in [-0.2, -0.15) is 0 Å². The van der Waals surface area contributed by atoms with Gasteiger partial charge in [-0.3, -0.25) is 4.79 Å². The summed E-state index contributed by atoms with van der Waals surface area (Å²) in [5, 5.41) is 0.586. The summed E-state index contributed by atoms with van der Waals surface area (Å²) < 4.78 is 9.94. The Bertz CT molecular complexity index is 423. The minimum absolute atomic E-state index is 0.185. The Morgan fingerprint density at radius 3 is 2.79 bits per heavy atom. The third-order valence-electron chi connectivity index (χ3n) is 2.81. The zero-order valence-electron chi connectivity index (χ0n) is 11.3. The van der Waals surface area contributed by atoms with Crippen LogP contribution in [0.5, 0.6) is 5.75 Å². The minimum Gasteiger partial charge on any atom is -0.497 e. The zero-order chi connectivity index (χ0) is 14.3. The maximum Gasteiger partial charge on any atom is 0.305 e. The van der Waals surface area contributed by atoms with Gasteiger partial charge in [0.25, 0.3) is 0 Å². The van der Waals surface area contributed by atoms with E-state index in [0.717, 1.165) is 5.56 Å². The average molecular weight is 286 g/mol. The Balaban J connectivity index is 2.49. The fourth-order valence-corrected chi connectivity index (χ4v) is 2.10. The molecule has 0 aliphatic heterocycles. The van der Waals surface area contributed by atoms with E-state index in [1.54, 1.807) is 20.1 Å². The van der Waals surface area contributed by atoms with Crippen molar-refractivity contribution < 1.29 is 14.3 Å². The van der Waals surface area contributed by atoms with Crippen LogP contribution in [-0.2, 0) is 9.53 Å². The zero-order valence-corrected chi connectivity index (χ0v) is 12.1. The summed E-state index contributed by atoms with van der Waals surface area (Å²) in [6, 6.07) is 5.23. The van der Waals surface area contributed by atoms with Crippen molar-refractivity contribution >= 4 is 17.6 Å². The molecule has 0 amide bonds. The highest BCUT2D eigenvalue weighted by Gasteiger charge is 2.12. The molecule has 0 spiro atoms. The smallest absolute Gasteiger partial charge is 0.305 e. The van der Waals surface area contributed by atoms with Crippen LogP contribution in [0, 0.1) is 0 Å². The molecular weight excluding hydrogens is 266 g/mol. The molecule has 0 saturated heterocycles. The second-order valence-electron chi connectivity index (χ2n) is 4.19. The number of rotatable bonds is 7. The number of nitrogens with two attached hydrogens (primary N) is 1. The first kappa shape index (κ1) is 15.8. The van der Waals surface area contributed by atoms with Gasteiger partial charge in [0.05, 0.1) is 13.7 Å². The number of esters is 1. The van der Waals surface area contributed by atoms with Gasteiger partial charge in [-0.1, -0.05) is 17.7 Å². The van der Waals surface area contributed by atoms with Crippen LogP contribution in [0.2, 0.25) is 5.02 Å². The van der Waals surface area contributed by atoms with Crippen LogP contribution in [0.4, 0.5) is 0 Å². The average Bonchev–Trinajstić information content (AvgIpc) is 2.38. The number of hydrogen-bond donors (Lipinski definition) is 1. The van der Waals surface area contributed by atoms with Gasteiger partial charge in [-0.15, -0.1) is 0 Å². The molecule has 0 bridgehead atoms. The van der Waals surface area contributed by atoms with Crippen LogP contribution in [-0.4, -0.2) is 19.7 Å². The standard InChI is InChI=1S/C14H20ClNO3/c1-3-19-14(17)6-4-5-13(16)11-8-7-10(18-2)9-12(11)15/h7-9,13H,3-6,16H2,1-2H3. The van der Waals surface area contributed by atoms with Gasteiger partial charge < -0.3 is 15.2 Å². The Kier molecular flexibility index (Phi) is 6.67. The molecule has 2 N–H and O–H groups in total. The van der Waals surface area contributed by atoms with E-state index in [-0.39, 0.29) is 12.0 Å². The van der Waals surface area contributed by atoms with Gasteiger partial charge in [-0.25, -0.2) is 0 Å². The van der Waals surface area contributed by atoms with E-state index in [1.165, 1.54) is 0 Å². The lowest BCUT2D eigenvalue weighted by molar-refractivity contribution is -0.143. The molecule has 0 aliphatic rings. The quantitative estimate of drug-likeness (QED) is 0.782. The van der Waals surface area contributed by atoms with Crippen molar-refractivity contribution in [2.24, 2.45) is 5.73 Å². The summed E-state index contributed by atoms with van der Waals surface area (Å²) in [4.78, 5) is 11.2. The van der Waals surface area contributed by atoms with Gasteiger partial charge in [-0.05, 0) is 37.5 Å². The van der Waals surface area contributed by atoms with Crippen LogP contribution in [0.15, 0.2) is 18.2 Å². The molecule has 4 nitrogen and oxygen atoms in total. The molecule has 1 atom stereocenters. The first-order valence-electron chi connectivity index (χ1n) is 6.33. The lowest BCUT2D eigenvalue weighted by Crippen LogP contribution is -2.12. The molecule has 0 aliphatic carbocycles. The number of benzene rings is 1. The summed E-state index contributed by atoms with van der Waals surface area (Å²) in [6.45, 7) is 2.20. The van der Waals surface area contributed by atoms with E-state index in [1.807, 2.05) is 12.1 Å². The third kappa shape index (κ3) is 5.09. The van der Waals surface area contributed by atoms with Crippen LogP contribution < -0.4 is 10.5 Å². The van der Waals surface area contributed by atoms with Gasteiger partial charge in [0.15, 0.2) is 0 Å². The van der Waals surface area contributed by atoms with Crippen molar-refractivity contribution in [2.45, 2.75) is 32.2 Å². The molecule has 1 aromatic rings. The molecular formula is C14H20ClNO3. The van der Waals surface area contributed by atoms with Crippen LogP contribution in [0.25, 0.3) is 0 Å².